The first-order valence-electron chi connectivity index (χ1n) is 9.76. The molecule has 0 fully saturated rings. The molecule has 0 bridgehead atoms. The molecule has 2 aromatic rings. The van der Waals surface area contributed by atoms with Crippen molar-refractivity contribution in [1.29, 1.82) is 0 Å². The SMILES string of the molecule is CCO[C](OCC)c1cccc(C(OC)(OC)c2ccccc2OC)c1OCC. The van der Waals surface area contributed by atoms with E-state index in [1.807, 2.05) is 63.2 Å². The predicted molar refractivity (Wildman–Crippen MR) is 111 cm³/mol. The second-order valence-electron chi connectivity index (χ2n) is 5.99. The molecule has 29 heavy (non-hydrogen) atoms. The molecule has 159 valence electrons. The molecule has 1 radical (unpaired) electrons. The molecule has 6 nitrogen and oxygen atoms in total. The lowest BCUT2D eigenvalue weighted by Crippen LogP contribution is -2.34. The zero-order chi connectivity index (χ0) is 21.3. The van der Waals surface area contributed by atoms with Gasteiger partial charge in [-0.1, -0.05) is 18.2 Å². The van der Waals surface area contributed by atoms with Crippen LogP contribution in [0.3, 0.4) is 0 Å². The van der Waals surface area contributed by atoms with Crippen molar-refractivity contribution in [3.63, 3.8) is 0 Å². The summed E-state index contributed by atoms with van der Waals surface area (Å²) in [7, 11) is 4.80. The Hall–Kier alpha value is -2.12. The Bertz CT molecular complexity index is 751. The quantitative estimate of drug-likeness (QED) is 0.487. The van der Waals surface area contributed by atoms with Gasteiger partial charge in [-0.05, 0) is 45.0 Å². The van der Waals surface area contributed by atoms with E-state index in [2.05, 4.69) is 0 Å². The van der Waals surface area contributed by atoms with E-state index >= 15 is 0 Å². The van der Waals surface area contributed by atoms with E-state index in [0.717, 1.165) is 5.56 Å². The summed E-state index contributed by atoms with van der Waals surface area (Å²) >= 11 is 0. The van der Waals surface area contributed by atoms with Gasteiger partial charge in [-0.2, -0.15) is 0 Å². The van der Waals surface area contributed by atoms with Crippen molar-refractivity contribution in [3.05, 3.63) is 65.4 Å². The molecule has 0 aromatic heterocycles. The Labute approximate surface area is 173 Å². The maximum atomic E-state index is 6.06. The van der Waals surface area contributed by atoms with Crippen LogP contribution in [-0.4, -0.2) is 41.2 Å². The minimum absolute atomic E-state index is 0.404. The summed E-state index contributed by atoms with van der Waals surface area (Å²) in [5.41, 5.74) is 2.10. The Balaban J connectivity index is 2.76. The van der Waals surface area contributed by atoms with Crippen LogP contribution in [0.2, 0.25) is 0 Å². The van der Waals surface area contributed by atoms with E-state index in [1.165, 1.54) is 0 Å². The first kappa shape index (κ1) is 23.2. The average molecular weight is 403 g/mol. The average Bonchev–Trinajstić information content (AvgIpc) is 2.76. The standard InChI is InChI=1S/C23H31O6/c1-7-27-21-17(22(28-8-2)29-9-3)13-12-15-19(21)23(25-5,26-6)18-14-10-11-16-20(18)24-4/h10-16H,7-9H2,1-6H3. The largest absolute Gasteiger partial charge is 0.496 e. The van der Waals surface area contributed by atoms with Crippen molar-refractivity contribution in [3.8, 4) is 11.5 Å². The van der Waals surface area contributed by atoms with E-state index < -0.39 is 5.79 Å². The van der Waals surface area contributed by atoms with Gasteiger partial charge in [0.15, 0.2) is 0 Å². The van der Waals surface area contributed by atoms with Crippen LogP contribution in [0.25, 0.3) is 0 Å². The fourth-order valence-electron chi connectivity index (χ4n) is 3.30. The van der Waals surface area contributed by atoms with Crippen LogP contribution in [0, 0.1) is 6.29 Å². The Morgan fingerprint density at radius 3 is 1.93 bits per heavy atom. The Morgan fingerprint density at radius 2 is 1.38 bits per heavy atom. The van der Waals surface area contributed by atoms with Crippen molar-refractivity contribution < 1.29 is 28.4 Å². The zero-order valence-electron chi connectivity index (χ0n) is 18.1. The summed E-state index contributed by atoms with van der Waals surface area (Å²) in [5.74, 6) is -0.0409. The van der Waals surface area contributed by atoms with Gasteiger partial charge in [0.2, 0.25) is 5.79 Å². The zero-order valence-corrected chi connectivity index (χ0v) is 18.1. The smallest absolute Gasteiger partial charge is 0.259 e. The summed E-state index contributed by atoms with van der Waals surface area (Å²) < 4.78 is 35.1. The second kappa shape index (κ2) is 11.2. The van der Waals surface area contributed by atoms with Gasteiger partial charge in [0, 0.05) is 27.4 Å². The van der Waals surface area contributed by atoms with Crippen molar-refractivity contribution in [2.24, 2.45) is 0 Å². The molecule has 2 aromatic carbocycles. The van der Waals surface area contributed by atoms with Crippen LogP contribution < -0.4 is 9.47 Å². The number of para-hydroxylation sites is 2. The van der Waals surface area contributed by atoms with E-state index in [0.29, 0.717) is 48.7 Å². The predicted octanol–water partition coefficient (Wildman–Crippen LogP) is 4.50. The molecule has 6 heteroatoms. The first-order chi connectivity index (χ1) is 14.1. The molecule has 0 saturated heterocycles. The van der Waals surface area contributed by atoms with Gasteiger partial charge in [-0.3, -0.25) is 0 Å². The highest BCUT2D eigenvalue weighted by molar-refractivity contribution is 5.53. The van der Waals surface area contributed by atoms with E-state index in [9.17, 15) is 0 Å². The van der Waals surface area contributed by atoms with Crippen molar-refractivity contribution in [1.82, 2.24) is 0 Å². The highest BCUT2D eigenvalue weighted by Gasteiger charge is 2.41. The lowest BCUT2D eigenvalue weighted by molar-refractivity contribution is -0.185. The van der Waals surface area contributed by atoms with Gasteiger partial charge in [0.1, 0.15) is 11.5 Å². The lowest BCUT2D eigenvalue weighted by atomic mass is 9.93. The van der Waals surface area contributed by atoms with Crippen LogP contribution in [0.5, 0.6) is 11.5 Å². The molecular weight excluding hydrogens is 372 g/mol. The fourth-order valence-corrected chi connectivity index (χ4v) is 3.30. The van der Waals surface area contributed by atoms with Crippen molar-refractivity contribution in [2.45, 2.75) is 26.6 Å². The summed E-state index contributed by atoms with van der Waals surface area (Å²) in [6.07, 6.45) is 0.404. The molecule has 0 N–H and O–H groups in total. The summed E-state index contributed by atoms with van der Waals surface area (Å²) in [4.78, 5) is 0. The third-order valence-electron chi connectivity index (χ3n) is 4.47. The van der Waals surface area contributed by atoms with E-state index in [-0.39, 0.29) is 0 Å². The van der Waals surface area contributed by atoms with Crippen molar-refractivity contribution >= 4 is 0 Å². The third kappa shape index (κ3) is 4.73. The molecule has 0 unspecified atom stereocenters. The van der Waals surface area contributed by atoms with Gasteiger partial charge in [0.05, 0.1) is 30.4 Å². The summed E-state index contributed by atoms with van der Waals surface area (Å²) in [5, 5.41) is 0. The number of rotatable bonds is 12. The molecule has 0 heterocycles. The van der Waals surface area contributed by atoms with Gasteiger partial charge < -0.3 is 28.4 Å². The molecule has 0 aliphatic heterocycles. The highest BCUT2D eigenvalue weighted by atomic mass is 16.7. The van der Waals surface area contributed by atoms with Gasteiger partial charge in [-0.25, -0.2) is 0 Å². The van der Waals surface area contributed by atoms with Gasteiger partial charge in [-0.15, -0.1) is 0 Å². The number of hydrogen-bond acceptors (Lipinski definition) is 6. The topological polar surface area (TPSA) is 55.4 Å². The molecule has 0 aliphatic carbocycles. The van der Waals surface area contributed by atoms with Gasteiger partial charge in [0.25, 0.3) is 6.29 Å². The summed E-state index contributed by atoms with van der Waals surface area (Å²) in [6.45, 7) is 7.13. The monoisotopic (exact) mass is 403 g/mol. The van der Waals surface area contributed by atoms with Crippen molar-refractivity contribution in [2.75, 3.05) is 41.2 Å². The number of hydrogen-bond donors (Lipinski definition) is 0. The minimum Gasteiger partial charge on any atom is -0.496 e. The van der Waals surface area contributed by atoms with Crippen LogP contribution in [0.1, 0.15) is 37.5 Å². The van der Waals surface area contributed by atoms with Crippen LogP contribution in [-0.2, 0) is 24.7 Å². The molecule has 0 amide bonds. The van der Waals surface area contributed by atoms with Crippen LogP contribution >= 0.6 is 0 Å². The second-order valence-corrected chi connectivity index (χ2v) is 5.99. The molecule has 0 saturated carbocycles. The Morgan fingerprint density at radius 1 is 0.759 bits per heavy atom. The maximum absolute atomic E-state index is 6.06. The summed E-state index contributed by atoms with van der Waals surface area (Å²) in [6, 6.07) is 13.3. The number of ether oxygens (including phenoxy) is 6. The molecule has 0 spiro atoms. The lowest BCUT2D eigenvalue weighted by Gasteiger charge is -2.35. The number of benzene rings is 2. The fraction of sp³-hybridized carbons (Fsp3) is 0.435. The Kier molecular flexibility index (Phi) is 8.92. The van der Waals surface area contributed by atoms with Crippen LogP contribution in [0.4, 0.5) is 0 Å². The first-order valence-corrected chi connectivity index (χ1v) is 9.76. The van der Waals surface area contributed by atoms with Crippen LogP contribution in [0.15, 0.2) is 42.5 Å². The molecule has 0 atom stereocenters. The van der Waals surface area contributed by atoms with E-state index in [1.54, 1.807) is 21.3 Å². The number of methoxy groups -OCH3 is 3. The minimum atomic E-state index is -1.25. The molecule has 0 aliphatic rings. The molecule has 2 rings (SSSR count). The molecular formula is C23H31O6. The highest BCUT2D eigenvalue weighted by Crippen LogP contribution is 2.45. The third-order valence-corrected chi connectivity index (χ3v) is 4.47. The van der Waals surface area contributed by atoms with Gasteiger partial charge >= 0.3 is 0 Å². The maximum Gasteiger partial charge on any atom is 0.259 e. The normalized spacial score (nSPS) is 11.7. The van der Waals surface area contributed by atoms with E-state index in [4.69, 9.17) is 28.4 Å².